The maximum Gasteiger partial charge on any atom is 0.326 e. The molecule has 1 aliphatic carbocycles. The van der Waals surface area contributed by atoms with Gasteiger partial charge in [-0.25, -0.2) is 9.78 Å². The predicted octanol–water partition coefficient (Wildman–Crippen LogP) is -0.249. The molecule has 10 nitrogen and oxygen atoms in total. The van der Waals surface area contributed by atoms with Gasteiger partial charge < -0.3 is 21.0 Å². The quantitative estimate of drug-likeness (QED) is 0.415. The van der Waals surface area contributed by atoms with Gasteiger partial charge in [0.2, 0.25) is 0 Å². The minimum Gasteiger partial charge on any atom is -0.392 e. The second-order valence-corrected chi connectivity index (χ2v) is 7.00. The lowest BCUT2D eigenvalue weighted by Crippen LogP contribution is -2.36. The first-order valence-corrected chi connectivity index (χ1v) is 8.69. The molecule has 0 aliphatic heterocycles. The van der Waals surface area contributed by atoms with Crippen molar-refractivity contribution in [2.24, 2.45) is 0 Å². The summed E-state index contributed by atoms with van der Waals surface area (Å²) in [7, 11) is 0. The Balaban J connectivity index is 1.74. The van der Waals surface area contributed by atoms with Crippen molar-refractivity contribution in [3.63, 3.8) is 0 Å². The Kier molecular flexibility index (Phi) is 3.72. The van der Waals surface area contributed by atoms with Crippen LogP contribution in [0.3, 0.4) is 0 Å². The summed E-state index contributed by atoms with van der Waals surface area (Å²) < 4.78 is 0. The summed E-state index contributed by atoms with van der Waals surface area (Å²) in [6.45, 7) is 0. The van der Waals surface area contributed by atoms with Crippen LogP contribution in [0.1, 0.15) is 39.8 Å². The van der Waals surface area contributed by atoms with Crippen molar-refractivity contribution in [2.45, 2.75) is 25.3 Å². The van der Waals surface area contributed by atoms with Gasteiger partial charge in [-0.3, -0.25) is 19.4 Å². The van der Waals surface area contributed by atoms with Crippen molar-refractivity contribution in [1.29, 1.82) is 0 Å². The van der Waals surface area contributed by atoms with Gasteiger partial charge in [-0.1, -0.05) is 0 Å². The van der Waals surface area contributed by atoms with Crippen LogP contribution in [0.2, 0.25) is 0 Å². The summed E-state index contributed by atoms with van der Waals surface area (Å²) >= 11 is 1.35. The molecule has 0 fully saturated rings. The molecule has 3 heterocycles. The molecular formula is C15H14N6O4S. The van der Waals surface area contributed by atoms with Gasteiger partial charge in [-0.2, -0.15) is 0 Å². The minimum absolute atomic E-state index is 0.206. The van der Waals surface area contributed by atoms with Crippen LogP contribution in [0.5, 0.6) is 0 Å². The van der Waals surface area contributed by atoms with E-state index in [1.165, 1.54) is 17.7 Å². The summed E-state index contributed by atoms with van der Waals surface area (Å²) in [6, 6.07) is -0.355. The number of nitrogen functional groups attached to an aromatic ring is 1. The SMILES string of the molecule is Nc1c(C(=O)NC2CCCc3c2sc2nc[nH]c(=O)c32)[nH]c(=O)[nH]c1=O. The number of nitrogens with zero attached hydrogens (tertiary/aromatic N) is 1. The maximum atomic E-state index is 12.5. The van der Waals surface area contributed by atoms with Gasteiger partial charge in [0.05, 0.1) is 17.8 Å². The van der Waals surface area contributed by atoms with Gasteiger partial charge in [0.15, 0.2) is 0 Å². The van der Waals surface area contributed by atoms with Crippen molar-refractivity contribution in [2.75, 3.05) is 5.73 Å². The van der Waals surface area contributed by atoms with Crippen LogP contribution in [0.25, 0.3) is 10.2 Å². The molecule has 1 aliphatic rings. The Hall–Kier alpha value is -3.21. The van der Waals surface area contributed by atoms with Crippen LogP contribution >= 0.6 is 11.3 Å². The molecule has 1 amide bonds. The summed E-state index contributed by atoms with van der Waals surface area (Å²) in [5.74, 6) is -0.650. The highest BCUT2D eigenvalue weighted by Gasteiger charge is 2.28. The number of carbonyl (C=O) groups excluding carboxylic acids is 1. The Morgan fingerprint density at radius 1 is 1.27 bits per heavy atom. The zero-order valence-corrected chi connectivity index (χ0v) is 14.2. The van der Waals surface area contributed by atoms with E-state index in [1.807, 2.05) is 4.98 Å². The third-order valence-electron chi connectivity index (χ3n) is 4.37. The fourth-order valence-corrected chi connectivity index (χ4v) is 4.48. The number of carbonyl (C=O) groups is 1. The zero-order chi connectivity index (χ0) is 18.4. The average molecular weight is 374 g/mol. The number of aromatic nitrogens is 4. The average Bonchev–Trinajstić information content (AvgIpc) is 2.99. The van der Waals surface area contributed by atoms with Crippen molar-refractivity contribution in [3.05, 3.63) is 53.7 Å². The number of hydrogen-bond donors (Lipinski definition) is 5. The molecule has 26 heavy (non-hydrogen) atoms. The monoisotopic (exact) mass is 374 g/mol. The molecule has 134 valence electrons. The van der Waals surface area contributed by atoms with E-state index >= 15 is 0 Å². The second kappa shape index (κ2) is 5.95. The molecule has 0 saturated heterocycles. The highest BCUT2D eigenvalue weighted by Crippen LogP contribution is 2.39. The van der Waals surface area contributed by atoms with Crippen LogP contribution < -0.4 is 27.9 Å². The van der Waals surface area contributed by atoms with Crippen LogP contribution in [-0.2, 0) is 6.42 Å². The van der Waals surface area contributed by atoms with Crippen LogP contribution in [0.4, 0.5) is 5.69 Å². The summed E-state index contributed by atoms with van der Waals surface area (Å²) in [6.07, 6.45) is 3.51. The van der Waals surface area contributed by atoms with Crippen LogP contribution in [-0.4, -0.2) is 25.8 Å². The molecule has 1 unspecified atom stereocenters. The van der Waals surface area contributed by atoms with E-state index in [9.17, 15) is 19.2 Å². The number of anilines is 1. The Labute approximate surface area is 148 Å². The minimum atomic E-state index is -0.819. The van der Waals surface area contributed by atoms with E-state index in [4.69, 9.17) is 5.73 Å². The number of hydrogen-bond acceptors (Lipinski definition) is 7. The molecule has 0 aromatic carbocycles. The maximum absolute atomic E-state index is 12.5. The summed E-state index contributed by atoms with van der Waals surface area (Å²) in [5, 5.41) is 3.35. The number of H-pyrrole nitrogens is 3. The van der Waals surface area contributed by atoms with Crippen molar-refractivity contribution in [3.8, 4) is 0 Å². The van der Waals surface area contributed by atoms with E-state index in [2.05, 4.69) is 20.3 Å². The third-order valence-corrected chi connectivity index (χ3v) is 5.63. The second-order valence-electron chi connectivity index (χ2n) is 5.97. The molecule has 0 saturated carbocycles. The van der Waals surface area contributed by atoms with Gasteiger partial charge in [-0.05, 0) is 24.8 Å². The number of nitrogens with one attached hydrogen (secondary N) is 4. The van der Waals surface area contributed by atoms with Crippen LogP contribution in [0, 0.1) is 0 Å². The van der Waals surface area contributed by atoms with E-state index in [0.29, 0.717) is 16.6 Å². The van der Waals surface area contributed by atoms with E-state index in [1.54, 1.807) is 0 Å². The third kappa shape index (κ3) is 2.52. The summed E-state index contributed by atoms with van der Waals surface area (Å²) in [5.41, 5.74) is 4.02. The molecule has 0 radical (unpaired) electrons. The van der Waals surface area contributed by atoms with Gasteiger partial charge in [0, 0.05) is 4.88 Å². The molecule has 1 atom stereocenters. The highest BCUT2D eigenvalue weighted by molar-refractivity contribution is 7.18. The van der Waals surface area contributed by atoms with Gasteiger partial charge >= 0.3 is 5.69 Å². The first kappa shape index (κ1) is 16.3. The lowest BCUT2D eigenvalue weighted by molar-refractivity contribution is 0.0929. The number of aryl methyl sites for hydroxylation is 1. The van der Waals surface area contributed by atoms with E-state index < -0.39 is 17.2 Å². The zero-order valence-electron chi connectivity index (χ0n) is 13.3. The normalized spacial score (nSPS) is 16.4. The number of nitrogens with two attached hydrogens (primary N) is 1. The molecular weight excluding hydrogens is 360 g/mol. The van der Waals surface area contributed by atoms with E-state index in [-0.39, 0.29) is 23.0 Å². The lowest BCUT2D eigenvalue weighted by atomic mass is 9.93. The molecule has 11 heteroatoms. The molecule has 6 N–H and O–H groups in total. The number of fused-ring (bicyclic) bond motifs is 3. The Morgan fingerprint density at radius 2 is 2.08 bits per heavy atom. The topological polar surface area (TPSA) is 167 Å². The van der Waals surface area contributed by atoms with E-state index in [0.717, 1.165) is 23.3 Å². The van der Waals surface area contributed by atoms with Crippen LogP contribution in [0.15, 0.2) is 20.7 Å². The van der Waals surface area contributed by atoms with Gasteiger partial charge in [-0.15, -0.1) is 11.3 Å². The lowest BCUT2D eigenvalue weighted by Gasteiger charge is -2.23. The van der Waals surface area contributed by atoms with Gasteiger partial charge in [0.1, 0.15) is 16.2 Å². The predicted molar refractivity (Wildman–Crippen MR) is 95.5 cm³/mol. The fraction of sp³-hybridized carbons (Fsp3) is 0.267. The number of rotatable bonds is 2. The standard InChI is InChI=1S/C15H14N6O4S/c16-8-9(20-15(25)21-12(8)23)13(24)19-6-3-1-2-5-7-11(22)17-4-18-14(7)26-10(5)6/h4,6H,1-3,16H2,(H,19,24)(H,17,18,22)(H2,20,21,23,25). The number of thiophene rings is 1. The van der Waals surface area contributed by atoms with Crippen molar-refractivity contribution in [1.82, 2.24) is 25.3 Å². The van der Waals surface area contributed by atoms with Gasteiger partial charge in [0.25, 0.3) is 17.0 Å². The molecule has 3 aromatic heterocycles. The largest absolute Gasteiger partial charge is 0.392 e. The number of amides is 1. The fourth-order valence-electron chi connectivity index (χ4n) is 3.20. The summed E-state index contributed by atoms with van der Waals surface area (Å²) in [4.78, 5) is 60.1. The first-order chi connectivity index (χ1) is 12.5. The van der Waals surface area contributed by atoms with Crippen molar-refractivity contribution < 1.29 is 4.79 Å². The Bertz CT molecular complexity index is 1200. The molecule has 0 spiro atoms. The Morgan fingerprint density at radius 3 is 2.88 bits per heavy atom. The smallest absolute Gasteiger partial charge is 0.326 e. The number of aromatic amines is 3. The molecule has 3 aromatic rings. The highest BCUT2D eigenvalue weighted by atomic mass is 32.1. The first-order valence-electron chi connectivity index (χ1n) is 7.87. The molecule has 4 rings (SSSR count). The molecule has 0 bridgehead atoms. The van der Waals surface area contributed by atoms with Crippen molar-refractivity contribution >= 4 is 33.1 Å².